The van der Waals surface area contributed by atoms with E-state index in [0.29, 0.717) is 11.8 Å². The second-order valence-electron chi connectivity index (χ2n) is 5.53. The Labute approximate surface area is 219 Å². The zero-order valence-electron chi connectivity index (χ0n) is 17.7. The molecule has 2 aromatic carbocycles. The van der Waals surface area contributed by atoms with Gasteiger partial charge in [-0.25, -0.2) is 18.6 Å². The van der Waals surface area contributed by atoms with Crippen molar-refractivity contribution in [2.45, 2.75) is 0 Å². The van der Waals surface area contributed by atoms with Gasteiger partial charge in [0, 0.05) is 37.9 Å². The Morgan fingerprint density at radius 1 is 0.618 bits per heavy atom. The number of rotatable bonds is 7. The molecule has 0 saturated heterocycles. The summed E-state index contributed by atoms with van der Waals surface area (Å²) in [6.07, 6.45) is 0. The predicted molar refractivity (Wildman–Crippen MR) is 111 cm³/mol. The van der Waals surface area contributed by atoms with Crippen LogP contribution in [-0.2, 0) is 16.8 Å². The molecule has 14 heteroatoms. The average molecular weight is 586 g/mol. The fourth-order valence-corrected chi connectivity index (χ4v) is 1.86. The smallest absolute Gasteiger partial charge is 0.870 e. The Bertz CT molecular complexity index is 793. The molecule has 2 aromatic rings. The van der Waals surface area contributed by atoms with Crippen LogP contribution in [0.4, 0.5) is 0 Å². The summed E-state index contributed by atoms with van der Waals surface area (Å²) in [5.74, 6) is 0.436. The molecule has 0 unspecified atom stereocenters. The van der Waals surface area contributed by atoms with Crippen molar-refractivity contribution in [3.05, 3.63) is 81.1 Å². The van der Waals surface area contributed by atoms with Crippen LogP contribution >= 0.6 is 23.2 Å². The maximum absolute atomic E-state index is 10.5. The van der Waals surface area contributed by atoms with Gasteiger partial charge in [-0.2, -0.15) is 0 Å². The molecular weight excluding hydrogens is 562 g/mol. The molecule has 0 heterocycles. The minimum absolute atomic E-state index is 0. The Kier molecular flexibility index (Phi) is 26.9. The van der Waals surface area contributed by atoms with E-state index in [4.69, 9.17) is 41.8 Å². The van der Waals surface area contributed by atoms with Gasteiger partial charge in [-0.1, -0.05) is 60.0 Å². The third-order valence-electron chi connectivity index (χ3n) is 2.94. The van der Waals surface area contributed by atoms with Gasteiger partial charge in [0.2, 0.25) is 0 Å². The van der Waals surface area contributed by atoms with Gasteiger partial charge in [0.15, 0.2) is 10.9 Å². The molecule has 0 aliphatic carbocycles. The second-order valence-corrected chi connectivity index (χ2v) is 7.05. The maximum atomic E-state index is 10.5. The molecule has 0 aliphatic heterocycles. The van der Waals surface area contributed by atoms with Crippen LogP contribution in [0.15, 0.2) is 70.3 Å². The second kappa shape index (κ2) is 24.6. The van der Waals surface area contributed by atoms with Crippen LogP contribution in [0.5, 0.6) is 11.5 Å². The molecule has 0 fully saturated rings. The van der Waals surface area contributed by atoms with Crippen LogP contribution in [0.25, 0.3) is 0 Å². The van der Waals surface area contributed by atoms with Crippen molar-refractivity contribution in [2.75, 3.05) is 37.9 Å². The van der Waals surface area contributed by atoms with E-state index in [9.17, 15) is 19.8 Å². The van der Waals surface area contributed by atoms with Crippen molar-refractivity contribution in [3.63, 3.8) is 0 Å². The van der Waals surface area contributed by atoms with E-state index < -0.39 is 32.6 Å². The van der Waals surface area contributed by atoms with Crippen molar-refractivity contribution in [2.24, 2.45) is 0 Å². The van der Waals surface area contributed by atoms with Crippen LogP contribution in [0.2, 0.25) is 0 Å². The minimum atomic E-state index is -4.94. The normalized spacial score (nSPS) is 9.47. The molecule has 0 bridgehead atoms. The Morgan fingerprint density at radius 2 is 0.912 bits per heavy atom. The standard InChI is InChI=1S/2C7H6O2.C6H14Cl2N2.ClHO4.Co/c2*8-6-4-2-1-3-5-7(6)9;7-1-3-9-5-6-10-4-2-8;2-1(3,4)5;/h2*1-5H,(H,8,9);9-10H,1-6H2;(H,2,3,4,5);/q;;;;+3/p-3. The molecule has 10 nitrogen and oxygen atoms in total. The van der Waals surface area contributed by atoms with E-state index in [1.165, 1.54) is 24.3 Å². The van der Waals surface area contributed by atoms with E-state index in [2.05, 4.69) is 10.6 Å². The summed E-state index contributed by atoms with van der Waals surface area (Å²) in [6, 6.07) is 14.5. The zero-order valence-corrected chi connectivity index (χ0v) is 21.1. The monoisotopic (exact) mass is 584 g/mol. The summed E-state index contributed by atoms with van der Waals surface area (Å²) in [6.45, 7) is 3.68. The predicted octanol–water partition coefficient (Wildman–Crippen LogP) is -3.87. The fourth-order valence-electron chi connectivity index (χ4n) is 1.59. The van der Waals surface area contributed by atoms with E-state index in [0.717, 1.165) is 26.2 Å². The maximum Gasteiger partial charge on any atom is 3.00 e. The van der Waals surface area contributed by atoms with Crippen molar-refractivity contribution in [1.82, 2.24) is 10.6 Å². The molecule has 2 N–H and O–H groups in total. The average Bonchev–Trinajstić information content (AvgIpc) is 3.04. The Balaban J connectivity index is -0.000000382. The number of hydrogen-bond donors (Lipinski definition) is 2. The molecule has 0 spiro atoms. The quantitative estimate of drug-likeness (QED) is 0.240. The molecule has 0 amide bonds. The summed E-state index contributed by atoms with van der Waals surface area (Å²) in [5.41, 5.74) is -0.917. The molecule has 0 aromatic heterocycles. The number of alkyl halides is 2. The first-order chi connectivity index (χ1) is 15.5. The van der Waals surface area contributed by atoms with Gasteiger partial charge in [-0.15, -0.1) is 33.4 Å². The van der Waals surface area contributed by atoms with Crippen LogP contribution < -0.4 is 50.3 Å². The molecule has 0 atom stereocenters. The van der Waals surface area contributed by atoms with Crippen molar-refractivity contribution >= 4 is 23.2 Å². The first-order valence-electron chi connectivity index (χ1n) is 9.20. The Morgan fingerprint density at radius 3 is 1.21 bits per heavy atom. The zero-order chi connectivity index (χ0) is 25.5. The Hall–Kier alpha value is -1.48. The molecule has 0 saturated carbocycles. The van der Waals surface area contributed by atoms with Crippen molar-refractivity contribution < 1.29 is 55.9 Å². The molecule has 34 heavy (non-hydrogen) atoms. The van der Waals surface area contributed by atoms with Crippen LogP contribution in [0.1, 0.15) is 0 Å². The molecular formula is C20H24Cl3CoN2O8. The largest absolute Gasteiger partial charge is 3.00 e. The van der Waals surface area contributed by atoms with Gasteiger partial charge in [0.05, 0.1) is 0 Å². The third-order valence-corrected chi connectivity index (χ3v) is 3.32. The summed E-state index contributed by atoms with van der Waals surface area (Å²) in [5, 5.41) is 27.3. The SMILES string of the molecule is ClCCNCCNCCCl.O=c1cccccc1[O-].O=c1cccccc1[O-].[Co+3].[O-][Cl+3]([O-])([O-])[O-]. The first kappa shape index (κ1) is 37.1. The van der Waals surface area contributed by atoms with E-state index in [1.54, 1.807) is 36.4 Å². The molecule has 192 valence electrons. The van der Waals surface area contributed by atoms with Gasteiger partial charge in [0.1, 0.15) is 0 Å². The van der Waals surface area contributed by atoms with E-state index in [1.807, 2.05) is 0 Å². The van der Waals surface area contributed by atoms with Crippen LogP contribution in [0, 0.1) is 10.2 Å². The van der Waals surface area contributed by atoms with Gasteiger partial charge < -0.3 is 20.8 Å². The van der Waals surface area contributed by atoms with Crippen LogP contribution in [-0.4, -0.2) is 37.9 Å². The van der Waals surface area contributed by atoms with Crippen molar-refractivity contribution in [3.8, 4) is 11.5 Å². The van der Waals surface area contributed by atoms with Gasteiger partial charge in [0.25, 0.3) is 0 Å². The number of nitrogens with one attached hydrogen (secondary N) is 2. The third kappa shape index (κ3) is 30.5. The van der Waals surface area contributed by atoms with Gasteiger partial charge in [-0.05, 0) is 12.1 Å². The molecule has 0 radical (unpaired) electrons. The molecule has 0 aliphatic rings. The topological polar surface area (TPSA) is 197 Å². The van der Waals surface area contributed by atoms with Crippen LogP contribution in [0.3, 0.4) is 0 Å². The van der Waals surface area contributed by atoms with Crippen molar-refractivity contribution in [1.29, 1.82) is 0 Å². The fraction of sp³-hybridized carbons (Fsp3) is 0.300. The van der Waals surface area contributed by atoms with E-state index >= 15 is 0 Å². The van der Waals surface area contributed by atoms with Gasteiger partial charge >= 0.3 is 16.8 Å². The number of hydrogen-bond acceptors (Lipinski definition) is 10. The van der Waals surface area contributed by atoms with Gasteiger partial charge in [-0.3, -0.25) is 9.59 Å². The summed E-state index contributed by atoms with van der Waals surface area (Å²) < 4.78 is 34.0. The summed E-state index contributed by atoms with van der Waals surface area (Å²) in [7, 11) is -4.94. The minimum Gasteiger partial charge on any atom is -0.870 e. The summed E-state index contributed by atoms with van der Waals surface area (Å²) in [4.78, 5) is 21.0. The number of halogens is 3. The van der Waals surface area contributed by atoms with E-state index in [-0.39, 0.29) is 16.8 Å². The summed E-state index contributed by atoms with van der Waals surface area (Å²) >= 11 is 10.9. The first-order valence-corrected chi connectivity index (χ1v) is 11.5. The molecule has 2 rings (SSSR count).